The van der Waals surface area contributed by atoms with Crippen LogP contribution in [0.1, 0.15) is 5.56 Å². The molecule has 1 nitrogen and oxygen atoms in total. The van der Waals surface area contributed by atoms with Crippen LogP contribution in [-0.2, 0) is 0 Å². The van der Waals surface area contributed by atoms with Crippen molar-refractivity contribution < 1.29 is 4.65 Å². The van der Waals surface area contributed by atoms with Crippen LogP contribution in [0.4, 0.5) is 0 Å². The van der Waals surface area contributed by atoms with E-state index >= 15 is 0 Å². The first-order chi connectivity index (χ1) is 4.33. The third kappa shape index (κ3) is 1.49. The summed E-state index contributed by atoms with van der Waals surface area (Å²) in [6, 6.07) is 7.96. The zero-order valence-electron chi connectivity index (χ0n) is 5.72. The van der Waals surface area contributed by atoms with Crippen molar-refractivity contribution in [3.8, 4) is 5.75 Å². The molecule has 0 bridgehead atoms. The molecule has 46 valence electrons. The van der Waals surface area contributed by atoms with Crippen molar-refractivity contribution in [3.05, 3.63) is 29.8 Å². The molecule has 0 aromatic heterocycles. The quantitative estimate of drug-likeness (QED) is 0.500. The minimum Gasteiger partial charge on any atom is -0.568 e. The first-order valence-corrected chi connectivity index (χ1v) is 2.93. The van der Waals surface area contributed by atoms with Gasteiger partial charge in [-0.05, 0) is 24.6 Å². The van der Waals surface area contributed by atoms with E-state index in [0.717, 1.165) is 5.75 Å². The zero-order valence-corrected chi connectivity index (χ0v) is 5.72. The molecule has 2 heteroatoms. The van der Waals surface area contributed by atoms with Crippen LogP contribution in [0.15, 0.2) is 24.3 Å². The molecule has 1 rings (SSSR count). The molecule has 0 amide bonds. The van der Waals surface area contributed by atoms with Gasteiger partial charge in [-0.3, -0.25) is 0 Å². The minimum absolute atomic E-state index is 0.926. The number of aryl methyl sites for hydroxylation is 1. The highest BCUT2D eigenvalue weighted by molar-refractivity contribution is 5.99. The van der Waals surface area contributed by atoms with E-state index in [-0.39, 0.29) is 0 Å². The van der Waals surface area contributed by atoms with Crippen molar-refractivity contribution in [1.82, 2.24) is 0 Å². The average molecular weight is 120 g/mol. The highest BCUT2D eigenvalue weighted by atomic mass is 16.4. The van der Waals surface area contributed by atoms with E-state index in [9.17, 15) is 0 Å². The highest BCUT2D eigenvalue weighted by Gasteiger charge is 1.86. The lowest BCUT2D eigenvalue weighted by molar-refractivity contribution is 0.615. The molecule has 0 atom stereocenters. The van der Waals surface area contributed by atoms with Crippen molar-refractivity contribution in [1.29, 1.82) is 0 Å². The maximum absolute atomic E-state index is 5.00. The van der Waals surface area contributed by atoms with Gasteiger partial charge < -0.3 is 4.65 Å². The first-order valence-electron chi connectivity index (χ1n) is 2.93. The second-order valence-corrected chi connectivity index (χ2v) is 2.02. The molecule has 0 N–H and O–H groups in total. The maximum atomic E-state index is 5.00. The Morgan fingerprint density at radius 3 is 2.67 bits per heavy atom. The van der Waals surface area contributed by atoms with E-state index < -0.39 is 0 Å². The van der Waals surface area contributed by atoms with E-state index in [1.54, 1.807) is 8.05 Å². The predicted octanol–water partition coefficient (Wildman–Crippen LogP) is 0.922. The van der Waals surface area contributed by atoms with Gasteiger partial charge in [0.15, 0.2) is 0 Å². The molecule has 0 aliphatic carbocycles. The molecular weight excluding hydrogens is 111 g/mol. The smallest absolute Gasteiger partial charge is 0.322 e. The lowest BCUT2D eigenvalue weighted by Gasteiger charge is -1.98. The van der Waals surface area contributed by atoms with Gasteiger partial charge in [-0.1, -0.05) is 12.1 Å². The Hall–Kier alpha value is -0.915. The van der Waals surface area contributed by atoms with E-state index in [1.807, 2.05) is 31.2 Å². The van der Waals surface area contributed by atoms with Gasteiger partial charge in [-0.25, -0.2) is 0 Å². The Bertz CT molecular complexity index is 198. The van der Waals surface area contributed by atoms with Crippen LogP contribution in [0.25, 0.3) is 0 Å². The summed E-state index contributed by atoms with van der Waals surface area (Å²) in [5.74, 6) is 0.926. The summed E-state index contributed by atoms with van der Waals surface area (Å²) in [5, 5.41) is 0. The van der Waals surface area contributed by atoms with Gasteiger partial charge in [0.2, 0.25) is 0 Å². The molecule has 1 aromatic carbocycles. The second-order valence-electron chi connectivity index (χ2n) is 2.02. The monoisotopic (exact) mass is 120 g/mol. The third-order valence-corrected chi connectivity index (χ3v) is 1.23. The summed E-state index contributed by atoms with van der Waals surface area (Å²) in [5.41, 5.74) is 1.23. The molecular formula is C7H9BO. The van der Waals surface area contributed by atoms with Crippen molar-refractivity contribution in [3.63, 3.8) is 0 Å². The van der Waals surface area contributed by atoms with Crippen LogP contribution in [0, 0.1) is 6.92 Å². The Morgan fingerprint density at radius 1 is 1.44 bits per heavy atom. The normalized spacial score (nSPS) is 9.00. The molecule has 0 aliphatic rings. The van der Waals surface area contributed by atoms with Gasteiger partial charge in [0, 0.05) is 0 Å². The Balaban J connectivity index is 2.94. The van der Waals surface area contributed by atoms with Gasteiger partial charge in [0.25, 0.3) is 0 Å². The Morgan fingerprint density at radius 2 is 2.22 bits per heavy atom. The van der Waals surface area contributed by atoms with Gasteiger partial charge in [-0.15, -0.1) is 0 Å². The number of hydrogen-bond donors (Lipinski definition) is 0. The molecule has 1 aromatic rings. The standard InChI is InChI=1S/C7H9BO/c1-6-3-2-4-7(5-6)9-8/h2-5H,8H2,1H3. The number of benzene rings is 1. The Kier molecular flexibility index (Phi) is 1.78. The molecule has 0 heterocycles. The number of rotatable bonds is 1. The summed E-state index contributed by atoms with van der Waals surface area (Å²) < 4.78 is 5.00. The molecule has 0 unspecified atom stereocenters. The fraction of sp³-hybridized carbons (Fsp3) is 0.143. The fourth-order valence-corrected chi connectivity index (χ4v) is 0.742. The summed E-state index contributed by atoms with van der Waals surface area (Å²) in [4.78, 5) is 0. The van der Waals surface area contributed by atoms with Gasteiger partial charge in [0.1, 0.15) is 0 Å². The van der Waals surface area contributed by atoms with Crippen molar-refractivity contribution >= 4 is 8.05 Å². The van der Waals surface area contributed by atoms with Crippen LogP contribution in [0.2, 0.25) is 0 Å². The molecule has 0 saturated heterocycles. The van der Waals surface area contributed by atoms with Crippen LogP contribution >= 0.6 is 0 Å². The minimum atomic E-state index is 0.926. The molecule has 0 aliphatic heterocycles. The lowest BCUT2D eigenvalue weighted by atomic mass is 10.2. The van der Waals surface area contributed by atoms with E-state index in [2.05, 4.69) is 0 Å². The lowest BCUT2D eigenvalue weighted by Crippen LogP contribution is -1.83. The summed E-state index contributed by atoms with van der Waals surface area (Å²) in [7, 11) is 1.68. The summed E-state index contributed by atoms with van der Waals surface area (Å²) in [6.45, 7) is 2.04. The van der Waals surface area contributed by atoms with Crippen LogP contribution in [-0.4, -0.2) is 8.05 Å². The maximum Gasteiger partial charge on any atom is 0.322 e. The second kappa shape index (κ2) is 2.58. The van der Waals surface area contributed by atoms with E-state index in [4.69, 9.17) is 4.65 Å². The van der Waals surface area contributed by atoms with E-state index in [0.29, 0.717) is 0 Å². The molecule has 9 heavy (non-hydrogen) atoms. The third-order valence-electron chi connectivity index (χ3n) is 1.23. The molecule has 0 spiro atoms. The highest BCUT2D eigenvalue weighted by Crippen LogP contribution is 2.10. The van der Waals surface area contributed by atoms with Gasteiger partial charge in [-0.2, -0.15) is 0 Å². The molecule has 0 fully saturated rings. The largest absolute Gasteiger partial charge is 0.568 e. The molecule has 0 radical (unpaired) electrons. The van der Waals surface area contributed by atoms with E-state index in [1.165, 1.54) is 5.56 Å². The summed E-state index contributed by atoms with van der Waals surface area (Å²) in [6.07, 6.45) is 0. The summed E-state index contributed by atoms with van der Waals surface area (Å²) >= 11 is 0. The first kappa shape index (κ1) is 6.21. The van der Waals surface area contributed by atoms with Crippen molar-refractivity contribution in [2.24, 2.45) is 0 Å². The SMILES string of the molecule is BOc1cccc(C)c1. The topological polar surface area (TPSA) is 9.23 Å². The van der Waals surface area contributed by atoms with Crippen LogP contribution in [0.3, 0.4) is 0 Å². The Labute approximate surface area is 56.1 Å². The number of hydrogen-bond acceptors (Lipinski definition) is 1. The van der Waals surface area contributed by atoms with Crippen LogP contribution < -0.4 is 4.65 Å². The van der Waals surface area contributed by atoms with Crippen molar-refractivity contribution in [2.45, 2.75) is 6.92 Å². The zero-order chi connectivity index (χ0) is 6.69. The fourth-order valence-electron chi connectivity index (χ4n) is 0.742. The van der Waals surface area contributed by atoms with Crippen LogP contribution in [0.5, 0.6) is 5.75 Å². The van der Waals surface area contributed by atoms with Crippen molar-refractivity contribution in [2.75, 3.05) is 0 Å². The van der Waals surface area contributed by atoms with Gasteiger partial charge in [0.05, 0.1) is 5.75 Å². The molecule has 0 saturated carbocycles. The predicted molar refractivity (Wildman–Crippen MR) is 40.4 cm³/mol. The average Bonchev–Trinajstić information content (AvgIpc) is 1.88. The van der Waals surface area contributed by atoms with Gasteiger partial charge >= 0.3 is 8.05 Å².